The lowest BCUT2D eigenvalue weighted by atomic mass is 9.93. The van der Waals surface area contributed by atoms with Crippen LogP contribution in [0.4, 0.5) is 20.2 Å². The first-order valence-electron chi connectivity index (χ1n) is 12.6. The summed E-state index contributed by atoms with van der Waals surface area (Å²) in [4.78, 5) is 39.6. The maximum atomic E-state index is 14.7. The van der Waals surface area contributed by atoms with Crippen molar-refractivity contribution in [2.75, 3.05) is 5.32 Å². The molecule has 0 saturated carbocycles. The number of non-ortho nitro benzene ring substituents is 1. The minimum atomic E-state index is -2.05. The Bertz CT molecular complexity index is 1850. The van der Waals surface area contributed by atoms with Gasteiger partial charge < -0.3 is 10.4 Å². The number of nitrogens with zero attached hydrogens (tertiary/aromatic N) is 7. The van der Waals surface area contributed by atoms with Crippen molar-refractivity contribution in [2.45, 2.75) is 18.7 Å². The normalized spacial score (nSPS) is 12.7. The Labute approximate surface area is 241 Å². The molecule has 0 bridgehead atoms. The molecule has 0 unspecified atom stereocenters. The maximum Gasteiger partial charge on any atom is 0.350 e. The number of nitro benzene ring substituents is 1. The van der Waals surface area contributed by atoms with E-state index in [-0.39, 0.29) is 17.8 Å². The van der Waals surface area contributed by atoms with Gasteiger partial charge in [-0.2, -0.15) is 10.2 Å². The molecule has 1 atom stereocenters. The molecule has 13 nitrogen and oxygen atoms in total. The SMILES string of the molecule is O=C(/C=C/c1ccc([N+](=O)[O-])cc1)Nc1ccc(-n2cnn(C[C@@](O)(Cn3cncn3)c3ccc(F)cc3F)c2=O)cc1. The van der Waals surface area contributed by atoms with E-state index in [0.717, 1.165) is 16.8 Å². The number of rotatable bonds is 10. The average molecular weight is 589 g/mol. The highest BCUT2D eigenvalue weighted by Crippen LogP contribution is 2.28. The van der Waals surface area contributed by atoms with E-state index in [1.54, 1.807) is 24.3 Å². The first kappa shape index (κ1) is 28.7. The zero-order valence-corrected chi connectivity index (χ0v) is 22.1. The first-order valence-corrected chi connectivity index (χ1v) is 12.6. The van der Waals surface area contributed by atoms with Crippen LogP contribution >= 0.6 is 0 Å². The minimum Gasteiger partial charge on any atom is -0.381 e. The molecule has 0 radical (unpaired) electrons. The number of aliphatic hydroxyl groups is 1. The molecule has 0 aliphatic carbocycles. The number of carbonyl (C=O) groups excluding carboxylic acids is 1. The number of nitrogens with one attached hydrogen (secondary N) is 1. The Balaban J connectivity index is 1.31. The van der Waals surface area contributed by atoms with Crippen LogP contribution in [-0.4, -0.2) is 45.0 Å². The molecule has 1 amide bonds. The van der Waals surface area contributed by atoms with Gasteiger partial charge in [-0.25, -0.2) is 32.5 Å². The molecule has 2 N–H and O–H groups in total. The lowest BCUT2D eigenvalue weighted by Gasteiger charge is -2.28. The standard InChI is InChI=1S/C28H22F2N8O5/c29-20-4-11-24(25(30)13-20)28(41,14-35-17-31-16-32-35)15-37-27(40)36(18-33-37)22-9-5-21(6-10-22)34-26(39)12-3-19-1-7-23(8-2-19)38(42)43/h1-13,16-18,41H,14-15H2,(H,34,39)/b12-3+/t28-/m0/s1. The van der Waals surface area contributed by atoms with Gasteiger partial charge in [0.1, 0.15) is 36.2 Å². The Morgan fingerprint density at radius 3 is 2.42 bits per heavy atom. The van der Waals surface area contributed by atoms with Crippen LogP contribution in [0, 0.1) is 21.7 Å². The number of hydrogen-bond acceptors (Lipinski definition) is 8. The Morgan fingerprint density at radius 1 is 1.02 bits per heavy atom. The van der Waals surface area contributed by atoms with Gasteiger partial charge in [-0.3, -0.25) is 14.9 Å². The second-order valence-corrected chi connectivity index (χ2v) is 9.41. The van der Waals surface area contributed by atoms with Gasteiger partial charge in [-0.05, 0) is 54.1 Å². The molecule has 15 heteroatoms. The van der Waals surface area contributed by atoms with Crippen molar-refractivity contribution in [3.8, 4) is 5.69 Å². The highest BCUT2D eigenvalue weighted by molar-refractivity contribution is 6.01. The molecule has 0 saturated heterocycles. The monoisotopic (exact) mass is 588 g/mol. The summed E-state index contributed by atoms with van der Waals surface area (Å²) in [5.74, 6) is -2.28. The van der Waals surface area contributed by atoms with Crippen LogP contribution in [0.15, 0.2) is 96.6 Å². The zero-order valence-electron chi connectivity index (χ0n) is 22.1. The van der Waals surface area contributed by atoms with Crippen LogP contribution in [0.2, 0.25) is 0 Å². The molecule has 2 heterocycles. The van der Waals surface area contributed by atoms with Crippen molar-refractivity contribution in [2.24, 2.45) is 0 Å². The quantitative estimate of drug-likeness (QED) is 0.143. The van der Waals surface area contributed by atoms with Crippen LogP contribution in [0.3, 0.4) is 0 Å². The number of amides is 1. The van der Waals surface area contributed by atoms with Gasteiger partial charge in [0.05, 0.1) is 23.7 Å². The smallest absolute Gasteiger partial charge is 0.350 e. The Hall–Kier alpha value is -5.83. The van der Waals surface area contributed by atoms with Gasteiger partial charge in [-0.15, -0.1) is 0 Å². The summed E-state index contributed by atoms with van der Waals surface area (Å²) in [6, 6.07) is 14.7. The van der Waals surface area contributed by atoms with E-state index in [2.05, 4.69) is 20.5 Å². The molecule has 0 aliphatic rings. The van der Waals surface area contributed by atoms with Crippen molar-refractivity contribution in [3.05, 3.63) is 135 Å². The Morgan fingerprint density at radius 2 is 1.77 bits per heavy atom. The van der Waals surface area contributed by atoms with Crippen LogP contribution in [0.1, 0.15) is 11.1 Å². The zero-order chi connectivity index (χ0) is 30.6. The third kappa shape index (κ3) is 6.57. The summed E-state index contributed by atoms with van der Waals surface area (Å²) in [6.07, 6.45) is 6.53. The van der Waals surface area contributed by atoms with Gasteiger partial charge in [0.15, 0.2) is 0 Å². The van der Waals surface area contributed by atoms with Crippen LogP contribution in [-0.2, 0) is 23.5 Å². The van der Waals surface area contributed by atoms with Gasteiger partial charge >= 0.3 is 5.69 Å². The largest absolute Gasteiger partial charge is 0.381 e. The summed E-state index contributed by atoms with van der Waals surface area (Å²) in [6.45, 7) is -0.793. The lowest BCUT2D eigenvalue weighted by molar-refractivity contribution is -0.384. The van der Waals surface area contributed by atoms with Crippen molar-refractivity contribution in [1.29, 1.82) is 0 Å². The van der Waals surface area contributed by atoms with Crippen molar-refractivity contribution in [1.82, 2.24) is 29.1 Å². The number of hydrogen-bond donors (Lipinski definition) is 2. The highest BCUT2D eigenvalue weighted by Gasteiger charge is 2.35. The lowest BCUT2D eigenvalue weighted by Crippen LogP contribution is -2.41. The van der Waals surface area contributed by atoms with Crippen LogP contribution < -0.4 is 11.0 Å². The highest BCUT2D eigenvalue weighted by atomic mass is 19.1. The number of halogens is 2. The first-order chi connectivity index (χ1) is 20.6. The summed E-state index contributed by atoms with van der Waals surface area (Å²) in [7, 11) is 0. The molecule has 2 aromatic heterocycles. The predicted molar refractivity (Wildman–Crippen MR) is 149 cm³/mol. The molecule has 218 valence electrons. The molecule has 5 rings (SSSR count). The van der Waals surface area contributed by atoms with Gasteiger partial charge in [0.25, 0.3) is 5.69 Å². The number of nitro groups is 1. The van der Waals surface area contributed by atoms with Crippen LogP contribution in [0.5, 0.6) is 0 Å². The summed E-state index contributed by atoms with van der Waals surface area (Å²) < 4.78 is 31.7. The van der Waals surface area contributed by atoms with E-state index >= 15 is 0 Å². The molecule has 5 aromatic rings. The molecular weight excluding hydrogens is 566 g/mol. The van der Waals surface area contributed by atoms with E-state index in [9.17, 15) is 33.6 Å². The van der Waals surface area contributed by atoms with E-state index in [4.69, 9.17) is 0 Å². The number of anilines is 1. The van der Waals surface area contributed by atoms with Crippen molar-refractivity contribution < 1.29 is 23.6 Å². The third-order valence-electron chi connectivity index (χ3n) is 6.41. The molecule has 0 aliphatic heterocycles. The van der Waals surface area contributed by atoms with Crippen molar-refractivity contribution in [3.63, 3.8) is 0 Å². The molecule has 0 spiro atoms. The fourth-order valence-corrected chi connectivity index (χ4v) is 4.31. The topological polar surface area (TPSA) is 163 Å². The van der Waals surface area contributed by atoms with E-state index in [1.807, 2.05) is 0 Å². The fraction of sp³-hybridized carbons (Fsp3) is 0.107. The third-order valence-corrected chi connectivity index (χ3v) is 6.41. The fourth-order valence-electron chi connectivity index (χ4n) is 4.31. The summed E-state index contributed by atoms with van der Waals surface area (Å²) in [5, 5.41) is 33.0. The molecule has 3 aromatic carbocycles. The minimum absolute atomic E-state index is 0.0596. The molecule has 43 heavy (non-hydrogen) atoms. The van der Waals surface area contributed by atoms with Gasteiger partial charge in [0.2, 0.25) is 5.91 Å². The predicted octanol–water partition coefficient (Wildman–Crippen LogP) is 3.05. The second-order valence-electron chi connectivity index (χ2n) is 9.41. The van der Waals surface area contributed by atoms with Crippen molar-refractivity contribution >= 4 is 23.4 Å². The molecular formula is C28H22F2N8O5. The number of aromatic nitrogens is 6. The van der Waals surface area contributed by atoms with E-state index in [1.165, 1.54) is 64.6 Å². The van der Waals surface area contributed by atoms with Crippen LogP contribution in [0.25, 0.3) is 11.8 Å². The summed E-state index contributed by atoms with van der Waals surface area (Å²) >= 11 is 0. The van der Waals surface area contributed by atoms with Gasteiger partial charge in [0, 0.05) is 35.5 Å². The second kappa shape index (κ2) is 12.0. The van der Waals surface area contributed by atoms with Gasteiger partial charge in [-0.1, -0.05) is 6.07 Å². The van der Waals surface area contributed by atoms with E-state index < -0.39 is 40.3 Å². The Kier molecular flexibility index (Phi) is 7.98. The van der Waals surface area contributed by atoms with E-state index in [0.29, 0.717) is 23.0 Å². The summed E-state index contributed by atoms with van der Waals surface area (Å²) in [5.41, 5.74) is -1.60. The number of carbonyl (C=O) groups is 1. The maximum absolute atomic E-state index is 14.7. The number of benzene rings is 3. The molecule has 0 fully saturated rings. The average Bonchev–Trinajstić information content (AvgIpc) is 3.62.